The van der Waals surface area contributed by atoms with E-state index in [0.717, 1.165) is 136 Å². The SMILES string of the molecule is Ic1ccc(CCCc2cc(-c3ccc(CCCc4cc(-c5ccc(CCCOCc6ccccc6)cc5)cc(-c5ccc(CCCOCc6ccccc6)cc5)c4)cc3)cc(-c3ccc(CCCc4cc(-c5ccc(CCCOCc6ccccc6)cc5)cc(-c5ccc(CCCOCc6ccccc6)cc5)c4)cc3)c2)cc1. The van der Waals surface area contributed by atoms with Gasteiger partial charge in [-0.1, -0.05) is 315 Å². The van der Waals surface area contributed by atoms with E-state index in [2.05, 4.69) is 368 Å². The summed E-state index contributed by atoms with van der Waals surface area (Å²) in [6, 6.07) is 129. The molecule has 0 N–H and O–H groups in total. The van der Waals surface area contributed by atoms with Gasteiger partial charge < -0.3 is 18.9 Å². The fourth-order valence-corrected chi connectivity index (χ4v) is 15.8. The highest BCUT2D eigenvalue weighted by Crippen LogP contribution is 2.35. The van der Waals surface area contributed by atoms with E-state index in [4.69, 9.17) is 18.9 Å². The first-order valence-electron chi connectivity index (χ1n) is 41.5. The van der Waals surface area contributed by atoms with Crippen LogP contribution in [0.25, 0.3) is 66.8 Å². The number of halogens is 1. The molecule has 0 saturated heterocycles. The van der Waals surface area contributed by atoms with Crippen LogP contribution in [0, 0.1) is 3.57 Å². The highest BCUT2D eigenvalue weighted by atomic mass is 127. The van der Waals surface area contributed by atoms with E-state index in [1.54, 1.807) is 0 Å². The van der Waals surface area contributed by atoms with Crippen LogP contribution in [-0.2, 0) is 110 Å². The lowest BCUT2D eigenvalue weighted by Crippen LogP contribution is -1.97. The molecule has 4 nitrogen and oxygen atoms in total. The monoisotopic (exact) mass is 1610 g/mol. The predicted molar refractivity (Wildman–Crippen MR) is 485 cm³/mol. The molecule has 14 aromatic carbocycles. The van der Waals surface area contributed by atoms with Crippen LogP contribution in [0.2, 0.25) is 0 Å². The first-order chi connectivity index (χ1) is 56.3. The quantitative estimate of drug-likeness (QED) is 0.0282. The van der Waals surface area contributed by atoms with Crippen molar-refractivity contribution < 1.29 is 18.9 Å². The van der Waals surface area contributed by atoms with E-state index in [9.17, 15) is 0 Å². The molecule has 0 aliphatic rings. The summed E-state index contributed by atoms with van der Waals surface area (Å²) in [6.07, 6.45) is 17.1. The van der Waals surface area contributed by atoms with Gasteiger partial charge in [-0.15, -0.1) is 0 Å². The average molecular weight is 1610 g/mol. The van der Waals surface area contributed by atoms with Crippen molar-refractivity contribution in [3.8, 4) is 66.8 Å². The van der Waals surface area contributed by atoms with Crippen LogP contribution >= 0.6 is 22.6 Å². The number of ether oxygens (including phenoxy) is 4. The van der Waals surface area contributed by atoms with Gasteiger partial charge in [0.15, 0.2) is 0 Å². The smallest absolute Gasteiger partial charge is 0.0716 e. The largest absolute Gasteiger partial charge is 0.377 e. The van der Waals surface area contributed by atoms with Crippen LogP contribution < -0.4 is 0 Å². The Morgan fingerprint density at radius 1 is 0.149 bits per heavy atom. The standard InChI is InChI=1S/C109H107IO4/c110-109-64-50-85(51-65-109)30-15-33-96-74-103(97-52-38-83(39-53-97)28-13-31-94-70-105(99-56-42-86(43-57-99)34-16-66-111-79-90-20-5-1-6-21-90)77-106(71-94)100-58-44-87(45-59-100)35-17-67-112-80-91-22-7-2-8-23-91)76-104(75-96)98-54-40-84(41-55-98)29-14-32-95-72-107(101-60-46-88(47-61-101)36-18-68-113-81-92-24-9-3-10-25-92)78-108(73-95)102-62-48-89(49-63-102)37-19-69-114-82-93-26-11-4-12-27-93/h1-12,20-27,38-65,70-78H,13-19,28-37,66-69,79-82H2. The van der Waals surface area contributed by atoms with Crippen molar-refractivity contribution >= 4 is 22.6 Å². The number of rotatable bonds is 42. The molecule has 0 fully saturated rings. The van der Waals surface area contributed by atoms with Crippen LogP contribution in [0.3, 0.4) is 0 Å². The van der Waals surface area contributed by atoms with Gasteiger partial charge in [-0.3, -0.25) is 0 Å². The van der Waals surface area contributed by atoms with Crippen molar-refractivity contribution in [1.82, 2.24) is 0 Å². The third kappa shape index (κ3) is 25.3. The highest BCUT2D eigenvalue weighted by molar-refractivity contribution is 14.1. The molecule has 0 unspecified atom stereocenters. The molecule has 0 aliphatic heterocycles. The molecule has 0 saturated carbocycles. The zero-order valence-corrected chi connectivity index (χ0v) is 68.3. The Hall–Kier alpha value is -10.4. The summed E-state index contributed by atoms with van der Waals surface area (Å²) in [6.45, 7) is 5.60. The van der Waals surface area contributed by atoms with Crippen molar-refractivity contribution in [2.75, 3.05) is 26.4 Å². The molecule has 14 rings (SSSR count). The Morgan fingerprint density at radius 2 is 0.325 bits per heavy atom. The van der Waals surface area contributed by atoms with Crippen molar-refractivity contribution in [3.63, 3.8) is 0 Å². The summed E-state index contributed by atoms with van der Waals surface area (Å²) >= 11 is 2.41. The molecule has 574 valence electrons. The normalized spacial score (nSPS) is 11.3. The van der Waals surface area contributed by atoms with Gasteiger partial charge in [0, 0.05) is 30.0 Å². The third-order valence-corrected chi connectivity index (χ3v) is 22.6. The topological polar surface area (TPSA) is 36.9 Å². The summed E-state index contributed by atoms with van der Waals surface area (Å²) in [5.74, 6) is 0. The zero-order chi connectivity index (χ0) is 77.4. The summed E-state index contributed by atoms with van der Waals surface area (Å²) in [7, 11) is 0. The van der Waals surface area contributed by atoms with E-state index < -0.39 is 0 Å². The van der Waals surface area contributed by atoms with Gasteiger partial charge in [0.05, 0.1) is 26.4 Å². The Labute approximate surface area is 692 Å². The lowest BCUT2D eigenvalue weighted by Gasteiger charge is -2.13. The maximum atomic E-state index is 6.04. The summed E-state index contributed by atoms with van der Waals surface area (Å²) in [5.41, 5.74) is 33.5. The van der Waals surface area contributed by atoms with Crippen molar-refractivity contribution in [2.45, 2.75) is 136 Å². The van der Waals surface area contributed by atoms with Gasteiger partial charge in [0.2, 0.25) is 0 Å². The third-order valence-electron chi connectivity index (χ3n) is 21.9. The van der Waals surface area contributed by atoms with Crippen LogP contribution in [0.5, 0.6) is 0 Å². The maximum absolute atomic E-state index is 6.04. The van der Waals surface area contributed by atoms with Gasteiger partial charge in [0.25, 0.3) is 0 Å². The molecule has 0 heterocycles. The molecule has 0 aromatic heterocycles. The highest BCUT2D eigenvalue weighted by Gasteiger charge is 2.14. The Kier molecular flexibility index (Phi) is 30.4. The first kappa shape index (κ1) is 80.3. The van der Waals surface area contributed by atoms with Crippen LogP contribution in [-0.4, -0.2) is 26.4 Å². The van der Waals surface area contributed by atoms with E-state index >= 15 is 0 Å². The first-order valence-corrected chi connectivity index (χ1v) is 42.6. The lowest BCUT2D eigenvalue weighted by atomic mass is 9.91. The van der Waals surface area contributed by atoms with Gasteiger partial charge >= 0.3 is 0 Å². The number of benzene rings is 14. The zero-order valence-electron chi connectivity index (χ0n) is 66.1. The molecular weight excluding hydrogens is 1500 g/mol. The second kappa shape index (κ2) is 43.2. The Balaban J connectivity index is 0.630. The molecule has 0 bridgehead atoms. The van der Waals surface area contributed by atoms with Gasteiger partial charge in [0.1, 0.15) is 0 Å². The van der Waals surface area contributed by atoms with Gasteiger partial charge in [-0.05, 0) is 307 Å². The molecule has 0 atom stereocenters. The van der Waals surface area contributed by atoms with E-state index in [1.807, 2.05) is 0 Å². The molecule has 5 heteroatoms. The second-order valence-electron chi connectivity index (χ2n) is 30.7. The fraction of sp³-hybridized carbons (Fsp3) is 0.229. The van der Waals surface area contributed by atoms with Gasteiger partial charge in [-0.25, -0.2) is 0 Å². The lowest BCUT2D eigenvalue weighted by molar-refractivity contribution is 0.118. The van der Waals surface area contributed by atoms with Crippen molar-refractivity contribution in [3.05, 3.63) is 427 Å². The maximum Gasteiger partial charge on any atom is 0.0716 e. The summed E-state index contributed by atoms with van der Waals surface area (Å²) in [4.78, 5) is 0. The molecule has 14 aromatic rings. The number of aryl methyl sites for hydroxylation is 10. The van der Waals surface area contributed by atoms with E-state index in [-0.39, 0.29) is 0 Å². The average Bonchev–Trinajstić information content (AvgIpc) is 0.820. The van der Waals surface area contributed by atoms with Crippen molar-refractivity contribution in [1.29, 1.82) is 0 Å². The van der Waals surface area contributed by atoms with Crippen LogP contribution in [0.15, 0.2) is 346 Å². The molecule has 0 spiro atoms. The van der Waals surface area contributed by atoms with Gasteiger partial charge in [-0.2, -0.15) is 0 Å². The predicted octanol–water partition coefficient (Wildman–Crippen LogP) is 27.4. The molecular formula is C109H107IO4. The minimum Gasteiger partial charge on any atom is -0.377 e. The van der Waals surface area contributed by atoms with E-state index in [0.29, 0.717) is 26.4 Å². The van der Waals surface area contributed by atoms with Crippen LogP contribution in [0.1, 0.15) is 123 Å². The van der Waals surface area contributed by atoms with Crippen molar-refractivity contribution in [2.24, 2.45) is 0 Å². The Morgan fingerprint density at radius 3 is 0.526 bits per heavy atom. The molecule has 114 heavy (non-hydrogen) atoms. The molecule has 0 aliphatic carbocycles. The minimum atomic E-state index is 0.655. The number of hydrogen-bond acceptors (Lipinski definition) is 4. The number of hydrogen-bond donors (Lipinski definition) is 0. The fourth-order valence-electron chi connectivity index (χ4n) is 15.4. The summed E-state index contributed by atoms with van der Waals surface area (Å²) in [5, 5.41) is 0. The van der Waals surface area contributed by atoms with Crippen LogP contribution in [0.4, 0.5) is 0 Å². The van der Waals surface area contributed by atoms with E-state index in [1.165, 1.54) is 148 Å². The molecule has 0 radical (unpaired) electrons. The molecule has 0 amide bonds. The minimum absolute atomic E-state index is 0.655. The second-order valence-corrected chi connectivity index (χ2v) is 31.9. The Bertz CT molecular complexity index is 4640. The summed E-state index contributed by atoms with van der Waals surface area (Å²) < 4.78 is 25.4.